The quantitative estimate of drug-likeness (QED) is 0.833. The topological polar surface area (TPSA) is 32.3 Å². The zero-order valence-electron chi connectivity index (χ0n) is 12.9. The maximum absolute atomic E-state index is 4.70. The second-order valence-electron chi connectivity index (χ2n) is 5.96. The Kier molecular flexibility index (Phi) is 4.53. The molecule has 4 nitrogen and oxygen atoms in total. The Morgan fingerprint density at radius 3 is 2.00 bits per heavy atom. The van der Waals surface area contributed by atoms with Crippen LogP contribution < -0.4 is 0 Å². The van der Waals surface area contributed by atoms with Crippen molar-refractivity contribution in [2.24, 2.45) is 0 Å². The highest BCUT2D eigenvalue weighted by Crippen LogP contribution is 2.20. The van der Waals surface area contributed by atoms with Gasteiger partial charge >= 0.3 is 0 Å². The maximum atomic E-state index is 4.70. The second-order valence-corrected chi connectivity index (χ2v) is 5.96. The molecule has 0 spiro atoms. The first-order valence-electron chi connectivity index (χ1n) is 7.22. The van der Waals surface area contributed by atoms with E-state index in [-0.39, 0.29) is 0 Å². The number of hydrogen-bond donors (Lipinski definition) is 0. The molecule has 2 heterocycles. The molecule has 0 aliphatic carbocycles. The zero-order chi connectivity index (χ0) is 14.0. The van der Waals surface area contributed by atoms with Gasteiger partial charge in [0.05, 0.1) is 6.54 Å². The third-order valence-electron chi connectivity index (χ3n) is 3.91. The van der Waals surface area contributed by atoms with Gasteiger partial charge in [-0.2, -0.15) is 0 Å². The lowest BCUT2D eigenvalue weighted by Crippen LogP contribution is -2.44. The van der Waals surface area contributed by atoms with Crippen LogP contribution in [0, 0.1) is 13.8 Å². The molecule has 1 fully saturated rings. The molecule has 1 saturated heterocycles. The van der Waals surface area contributed by atoms with Crippen molar-refractivity contribution in [2.75, 3.05) is 33.2 Å². The zero-order valence-corrected chi connectivity index (χ0v) is 12.9. The Bertz CT molecular complexity index is 411. The van der Waals surface area contributed by atoms with Gasteiger partial charge in [-0.15, -0.1) is 0 Å². The molecule has 2 rings (SSSR count). The van der Waals surface area contributed by atoms with Crippen molar-refractivity contribution < 1.29 is 0 Å². The summed E-state index contributed by atoms with van der Waals surface area (Å²) in [5, 5.41) is 0. The van der Waals surface area contributed by atoms with Crippen LogP contribution in [-0.2, 0) is 6.54 Å². The van der Waals surface area contributed by atoms with Crippen LogP contribution in [0.3, 0.4) is 0 Å². The van der Waals surface area contributed by atoms with Gasteiger partial charge in [-0.05, 0) is 32.4 Å². The van der Waals surface area contributed by atoms with E-state index in [0.29, 0.717) is 5.92 Å². The van der Waals surface area contributed by atoms with Gasteiger partial charge in [0.15, 0.2) is 0 Å². The number of hydrogen-bond acceptors (Lipinski definition) is 4. The molecule has 0 bridgehead atoms. The van der Waals surface area contributed by atoms with Crippen LogP contribution in [0.15, 0.2) is 0 Å². The Morgan fingerprint density at radius 2 is 1.53 bits per heavy atom. The molecule has 1 aliphatic heterocycles. The number of aromatic nitrogens is 2. The van der Waals surface area contributed by atoms with Gasteiger partial charge in [0, 0.05) is 37.6 Å². The number of rotatable bonds is 3. The van der Waals surface area contributed by atoms with Crippen LogP contribution in [0.4, 0.5) is 0 Å². The average molecular weight is 262 g/mol. The smallest absolute Gasteiger partial charge is 0.142 e. The molecule has 106 valence electrons. The van der Waals surface area contributed by atoms with Crippen LogP contribution >= 0.6 is 0 Å². The summed E-state index contributed by atoms with van der Waals surface area (Å²) >= 11 is 0. The molecule has 0 unspecified atom stereocenters. The summed E-state index contributed by atoms with van der Waals surface area (Å²) in [4.78, 5) is 14.2. The lowest BCUT2D eigenvalue weighted by molar-refractivity contribution is 0.145. The predicted octanol–water partition coefficient (Wildman–Crippen LogP) is 1.96. The molecule has 1 aliphatic rings. The van der Waals surface area contributed by atoms with Gasteiger partial charge in [0.2, 0.25) is 0 Å². The van der Waals surface area contributed by atoms with Crippen molar-refractivity contribution in [3.05, 3.63) is 22.8 Å². The minimum absolute atomic E-state index is 0.498. The minimum atomic E-state index is 0.498. The van der Waals surface area contributed by atoms with E-state index in [9.17, 15) is 0 Å². The highest BCUT2D eigenvalue weighted by molar-refractivity contribution is 5.27. The van der Waals surface area contributed by atoms with Crippen molar-refractivity contribution >= 4 is 0 Å². The van der Waals surface area contributed by atoms with E-state index in [1.807, 2.05) is 0 Å². The summed E-state index contributed by atoms with van der Waals surface area (Å²) in [6, 6.07) is 0. The van der Waals surface area contributed by atoms with E-state index >= 15 is 0 Å². The molecule has 0 N–H and O–H groups in total. The minimum Gasteiger partial charge on any atom is -0.304 e. The van der Waals surface area contributed by atoms with Gasteiger partial charge in [-0.3, -0.25) is 4.90 Å². The maximum Gasteiger partial charge on any atom is 0.142 e. The standard InChI is InChI=1S/C15H26N4/c1-11(2)15-12(3)16-14(17-13(15)4)10-19-8-6-18(5)7-9-19/h11H,6-10H2,1-5H3. The van der Waals surface area contributed by atoms with E-state index in [1.165, 1.54) is 5.56 Å². The average Bonchev–Trinajstić information content (AvgIpc) is 2.30. The summed E-state index contributed by atoms with van der Waals surface area (Å²) in [6.45, 7) is 14.0. The Labute approximate surface area is 116 Å². The SMILES string of the molecule is Cc1nc(CN2CCN(C)CC2)nc(C)c1C(C)C. The predicted molar refractivity (Wildman–Crippen MR) is 78.4 cm³/mol. The summed E-state index contributed by atoms with van der Waals surface area (Å²) < 4.78 is 0. The highest BCUT2D eigenvalue weighted by atomic mass is 15.3. The highest BCUT2D eigenvalue weighted by Gasteiger charge is 2.17. The summed E-state index contributed by atoms with van der Waals surface area (Å²) in [5.74, 6) is 1.47. The first kappa shape index (κ1) is 14.4. The van der Waals surface area contributed by atoms with E-state index in [4.69, 9.17) is 9.97 Å². The van der Waals surface area contributed by atoms with E-state index in [0.717, 1.165) is 49.9 Å². The molecule has 4 heteroatoms. The lowest BCUT2D eigenvalue weighted by Gasteiger charge is -2.32. The van der Waals surface area contributed by atoms with Crippen LogP contribution in [0.25, 0.3) is 0 Å². The Balaban J connectivity index is 2.09. The normalized spacial score (nSPS) is 18.2. The monoisotopic (exact) mass is 262 g/mol. The first-order valence-corrected chi connectivity index (χ1v) is 7.22. The fraction of sp³-hybridized carbons (Fsp3) is 0.733. The molecule has 0 aromatic carbocycles. The molecule has 1 aromatic heterocycles. The van der Waals surface area contributed by atoms with Gasteiger partial charge in [0.1, 0.15) is 5.82 Å². The summed E-state index contributed by atoms with van der Waals surface area (Å²) in [5.41, 5.74) is 3.60. The van der Waals surface area contributed by atoms with Gasteiger partial charge in [-0.25, -0.2) is 9.97 Å². The van der Waals surface area contributed by atoms with Crippen molar-refractivity contribution in [1.29, 1.82) is 0 Å². The summed E-state index contributed by atoms with van der Waals surface area (Å²) in [7, 11) is 2.18. The van der Waals surface area contributed by atoms with Crippen molar-refractivity contribution in [1.82, 2.24) is 19.8 Å². The molecule has 0 saturated carbocycles. The van der Waals surface area contributed by atoms with Crippen LogP contribution in [0.2, 0.25) is 0 Å². The molecular weight excluding hydrogens is 236 g/mol. The molecule has 0 atom stereocenters. The molecule has 19 heavy (non-hydrogen) atoms. The lowest BCUT2D eigenvalue weighted by atomic mass is 10.0. The third-order valence-corrected chi connectivity index (χ3v) is 3.91. The summed E-state index contributed by atoms with van der Waals surface area (Å²) in [6.07, 6.45) is 0. The van der Waals surface area contributed by atoms with Crippen molar-refractivity contribution in [2.45, 2.75) is 40.2 Å². The van der Waals surface area contributed by atoms with Gasteiger partial charge in [-0.1, -0.05) is 13.8 Å². The van der Waals surface area contributed by atoms with Gasteiger partial charge < -0.3 is 4.90 Å². The Hall–Kier alpha value is -1.00. The first-order chi connectivity index (χ1) is 8.97. The van der Waals surface area contributed by atoms with Crippen LogP contribution in [0.5, 0.6) is 0 Å². The van der Waals surface area contributed by atoms with Crippen molar-refractivity contribution in [3.63, 3.8) is 0 Å². The number of aryl methyl sites for hydroxylation is 2. The fourth-order valence-electron chi connectivity index (χ4n) is 2.91. The molecular formula is C15H26N4. The number of likely N-dealkylation sites (N-methyl/N-ethyl adjacent to an activating group) is 1. The molecule has 0 amide bonds. The fourth-order valence-corrected chi connectivity index (χ4v) is 2.91. The second kappa shape index (κ2) is 5.97. The van der Waals surface area contributed by atoms with E-state index in [2.05, 4.69) is 44.5 Å². The molecule has 1 aromatic rings. The van der Waals surface area contributed by atoms with E-state index < -0.39 is 0 Å². The van der Waals surface area contributed by atoms with Crippen LogP contribution in [-0.4, -0.2) is 53.0 Å². The molecule has 0 radical (unpaired) electrons. The Morgan fingerprint density at radius 1 is 1.00 bits per heavy atom. The van der Waals surface area contributed by atoms with Crippen molar-refractivity contribution in [3.8, 4) is 0 Å². The number of piperazine rings is 1. The largest absolute Gasteiger partial charge is 0.304 e. The third kappa shape index (κ3) is 3.51. The van der Waals surface area contributed by atoms with Crippen LogP contribution in [0.1, 0.15) is 42.5 Å². The number of nitrogens with zero attached hydrogens (tertiary/aromatic N) is 4. The van der Waals surface area contributed by atoms with Gasteiger partial charge in [0.25, 0.3) is 0 Å². The van der Waals surface area contributed by atoms with E-state index in [1.54, 1.807) is 0 Å².